The molecule has 1 amide bonds. The van der Waals surface area contributed by atoms with Crippen molar-refractivity contribution < 1.29 is 26.7 Å². The van der Waals surface area contributed by atoms with Gasteiger partial charge in [0.05, 0.1) is 11.0 Å². The van der Waals surface area contributed by atoms with E-state index in [2.05, 4.69) is 4.72 Å². The van der Waals surface area contributed by atoms with Crippen LogP contribution in [0.5, 0.6) is 5.75 Å². The monoisotopic (exact) mass is 633 g/mol. The number of carbonyl (C=O) groups is 1. The summed E-state index contributed by atoms with van der Waals surface area (Å²) in [6.45, 7) is 3.81. The van der Waals surface area contributed by atoms with E-state index in [0.717, 1.165) is 16.5 Å². The zero-order valence-electron chi connectivity index (χ0n) is 25.2. The van der Waals surface area contributed by atoms with Gasteiger partial charge in [-0.05, 0) is 85.7 Å². The predicted molar refractivity (Wildman–Crippen MR) is 170 cm³/mol. The molecule has 0 saturated carbocycles. The van der Waals surface area contributed by atoms with E-state index in [4.69, 9.17) is 10.5 Å². The van der Waals surface area contributed by atoms with Crippen LogP contribution in [0, 0.1) is 0 Å². The number of fused-ring (bicyclic) bond motifs is 3. The van der Waals surface area contributed by atoms with Crippen molar-refractivity contribution in [3.63, 3.8) is 0 Å². The highest BCUT2D eigenvalue weighted by Gasteiger charge is 2.53. The van der Waals surface area contributed by atoms with Gasteiger partial charge in [-0.3, -0.25) is 4.79 Å². The molecule has 2 aliphatic heterocycles. The molecule has 4 aromatic rings. The van der Waals surface area contributed by atoms with Gasteiger partial charge in [0.2, 0.25) is 15.9 Å². The average Bonchev–Trinajstić information content (AvgIpc) is 3.29. The van der Waals surface area contributed by atoms with E-state index in [1.165, 1.54) is 29.2 Å². The summed E-state index contributed by atoms with van der Waals surface area (Å²) >= 11 is 0. The molecule has 0 spiro atoms. The van der Waals surface area contributed by atoms with E-state index in [1.807, 2.05) is 44.2 Å². The molecule has 3 N–H and O–H groups in total. The minimum absolute atomic E-state index is 0.0390. The summed E-state index contributed by atoms with van der Waals surface area (Å²) in [7, 11) is -4.56. The third-order valence-corrected chi connectivity index (χ3v) is 10.2. The van der Waals surface area contributed by atoms with Crippen LogP contribution in [0.25, 0.3) is 21.9 Å². The molecule has 3 atom stereocenters. The van der Waals surface area contributed by atoms with Crippen molar-refractivity contribution in [2.75, 3.05) is 0 Å². The molecule has 0 aromatic heterocycles. The minimum Gasteiger partial charge on any atom is -0.491 e. The number of hydrogen-bond donors (Lipinski definition) is 2. The second-order valence-electron chi connectivity index (χ2n) is 12.3. The summed E-state index contributed by atoms with van der Waals surface area (Å²) in [5.74, 6) is -4.17. The number of nitrogens with two attached hydrogens (primary N) is 1. The van der Waals surface area contributed by atoms with E-state index in [9.17, 15) is 13.2 Å². The Balaban J connectivity index is 1.35. The number of rotatable bonds is 9. The lowest BCUT2D eigenvalue weighted by Crippen LogP contribution is -2.60. The lowest BCUT2D eigenvalue weighted by Gasteiger charge is -2.41. The van der Waals surface area contributed by atoms with Crippen molar-refractivity contribution in [2.45, 2.75) is 80.6 Å². The van der Waals surface area contributed by atoms with Crippen LogP contribution in [0.15, 0.2) is 95.9 Å². The van der Waals surface area contributed by atoms with Gasteiger partial charge in [-0.1, -0.05) is 66.7 Å². The van der Waals surface area contributed by atoms with Crippen LogP contribution in [0.3, 0.4) is 0 Å². The number of carbonyl (C=O) groups excluding carboxylic acids is 1. The Labute approximate surface area is 262 Å². The summed E-state index contributed by atoms with van der Waals surface area (Å²) in [5, 5.41) is 1.31. The van der Waals surface area contributed by atoms with Crippen LogP contribution in [0.1, 0.15) is 45.1 Å². The fourth-order valence-electron chi connectivity index (χ4n) is 6.63. The molecule has 236 valence electrons. The summed E-state index contributed by atoms with van der Waals surface area (Å²) in [6, 6.07) is 21.4. The number of alkyl halides is 2. The Bertz CT molecular complexity index is 1790. The number of ether oxygens (including phenoxy) is 1. The molecule has 10 heteroatoms. The van der Waals surface area contributed by atoms with E-state index < -0.39 is 33.5 Å². The number of benzene rings is 4. The van der Waals surface area contributed by atoms with Crippen molar-refractivity contribution in [1.82, 2.24) is 9.62 Å². The Morgan fingerprint density at radius 1 is 0.889 bits per heavy atom. The van der Waals surface area contributed by atoms with E-state index in [0.29, 0.717) is 36.8 Å². The lowest BCUT2D eigenvalue weighted by atomic mass is 9.94. The molecule has 45 heavy (non-hydrogen) atoms. The standard InChI is InChI=1S/C35H37F2N3O4S/c1-22(2)44-31-16-10-26-19-32(17-11-25(26)18-31)45(42,43)39-33(34(41)40-29-14-15-30(40)21-28(38)20-29)35(36,37)27-12-8-24(9-13-27)23-6-4-3-5-7-23/h3-13,16-19,22,28-30,33,39H,14-15,20-21,38H2,1-2H3. The van der Waals surface area contributed by atoms with Crippen molar-refractivity contribution >= 4 is 26.7 Å². The molecular weight excluding hydrogens is 596 g/mol. The highest BCUT2D eigenvalue weighted by atomic mass is 32.2. The maximum Gasteiger partial charge on any atom is 0.298 e. The van der Waals surface area contributed by atoms with Crippen LogP contribution in [0.2, 0.25) is 0 Å². The van der Waals surface area contributed by atoms with Gasteiger partial charge < -0.3 is 15.4 Å². The second-order valence-corrected chi connectivity index (χ2v) is 14.0. The SMILES string of the molecule is CC(C)Oc1ccc2cc(S(=O)(=O)NC(C(=O)N3C4CCC3CC(N)C4)C(F)(F)c3ccc(-c4ccccc4)cc3)ccc2c1. The number of piperidine rings is 1. The molecule has 2 aliphatic rings. The van der Waals surface area contributed by atoms with Crippen LogP contribution in [-0.2, 0) is 20.7 Å². The Hall–Kier alpha value is -3.86. The first-order valence-corrected chi connectivity index (χ1v) is 16.7. The molecular formula is C35H37F2N3O4S. The molecule has 0 aliphatic carbocycles. The topological polar surface area (TPSA) is 102 Å². The molecule has 6 rings (SSSR count). The Kier molecular flexibility index (Phi) is 8.41. The third-order valence-electron chi connectivity index (χ3n) is 8.75. The fraction of sp³-hybridized carbons (Fsp3) is 0.343. The number of sulfonamides is 1. The highest BCUT2D eigenvalue weighted by molar-refractivity contribution is 7.89. The maximum absolute atomic E-state index is 16.5. The van der Waals surface area contributed by atoms with Gasteiger partial charge >= 0.3 is 0 Å². The quantitative estimate of drug-likeness (QED) is 0.228. The van der Waals surface area contributed by atoms with Gasteiger partial charge in [0.25, 0.3) is 5.92 Å². The van der Waals surface area contributed by atoms with E-state index in [-0.39, 0.29) is 29.1 Å². The highest BCUT2D eigenvalue weighted by Crippen LogP contribution is 2.40. The first-order valence-electron chi connectivity index (χ1n) is 15.3. The normalized spacial score (nSPS) is 20.8. The maximum atomic E-state index is 16.5. The molecule has 2 bridgehead atoms. The van der Waals surface area contributed by atoms with Gasteiger partial charge in [0.1, 0.15) is 5.75 Å². The zero-order valence-corrected chi connectivity index (χ0v) is 26.0. The van der Waals surface area contributed by atoms with E-state index in [1.54, 1.807) is 36.4 Å². The van der Waals surface area contributed by atoms with Crippen molar-refractivity contribution in [1.29, 1.82) is 0 Å². The van der Waals surface area contributed by atoms with Gasteiger partial charge in [0.15, 0.2) is 6.04 Å². The molecule has 2 heterocycles. The molecule has 2 saturated heterocycles. The third kappa shape index (κ3) is 6.32. The summed E-state index contributed by atoms with van der Waals surface area (Å²) in [5.41, 5.74) is 7.30. The van der Waals surface area contributed by atoms with E-state index >= 15 is 8.78 Å². The van der Waals surface area contributed by atoms with Crippen LogP contribution in [0.4, 0.5) is 8.78 Å². The van der Waals surface area contributed by atoms with Gasteiger partial charge in [-0.2, -0.15) is 13.5 Å². The number of nitrogens with zero attached hydrogens (tertiary/aromatic N) is 1. The summed E-state index contributed by atoms with van der Waals surface area (Å²) < 4.78 is 68.5. The van der Waals surface area contributed by atoms with Crippen LogP contribution >= 0.6 is 0 Å². The van der Waals surface area contributed by atoms with Crippen LogP contribution < -0.4 is 15.2 Å². The van der Waals surface area contributed by atoms with Gasteiger partial charge in [0, 0.05) is 23.7 Å². The molecule has 7 nitrogen and oxygen atoms in total. The number of nitrogens with one attached hydrogen (secondary N) is 1. The first kappa shape index (κ1) is 31.1. The Morgan fingerprint density at radius 3 is 2.13 bits per heavy atom. The fourth-order valence-corrected chi connectivity index (χ4v) is 7.85. The molecule has 3 unspecified atom stereocenters. The molecule has 4 aromatic carbocycles. The minimum atomic E-state index is -4.56. The smallest absolute Gasteiger partial charge is 0.298 e. The van der Waals surface area contributed by atoms with Gasteiger partial charge in [-0.15, -0.1) is 0 Å². The average molecular weight is 634 g/mol. The summed E-state index contributed by atoms with van der Waals surface area (Å²) in [4.78, 5) is 15.3. The first-order chi connectivity index (χ1) is 21.4. The van der Waals surface area contributed by atoms with Crippen molar-refractivity contribution in [2.24, 2.45) is 5.73 Å². The van der Waals surface area contributed by atoms with Crippen LogP contribution in [-0.4, -0.2) is 49.5 Å². The number of halogens is 2. The van der Waals surface area contributed by atoms with Gasteiger partial charge in [-0.25, -0.2) is 8.42 Å². The van der Waals surface area contributed by atoms with Crippen molar-refractivity contribution in [3.8, 4) is 16.9 Å². The number of hydrogen-bond acceptors (Lipinski definition) is 5. The van der Waals surface area contributed by atoms with Crippen molar-refractivity contribution in [3.05, 3.63) is 96.6 Å². The Morgan fingerprint density at radius 2 is 1.49 bits per heavy atom. The zero-order chi connectivity index (χ0) is 31.9. The molecule has 2 fully saturated rings. The number of amides is 1. The predicted octanol–water partition coefficient (Wildman–Crippen LogP) is 6.21. The summed E-state index contributed by atoms with van der Waals surface area (Å²) in [6.07, 6.45) is 2.24. The lowest BCUT2D eigenvalue weighted by molar-refractivity contribution is -0.149. The molecule has 0 radical (unpaired) electrons. The second kappa shape index (κ2) is 12.2. The largest absolute Gasteiger partial charge is 0.491 e.